The van der Waals surface area contributed by atoms with Crippen molar-refractivity contribution in [2.75, 3.05) is 0 Å². The second kappa shape index (κ2) is 6.12. The number of benzene rings is 1. The highest BCUT2D eigenvalue weighted by Crippen LogP contribution is 2.21. The molecule has 1 aromatic carbocycles. The summed E-state index contributed by atoms with van der Waals surface area (Å²) in [7, 11) is 0. The van der Waals surface area contributed by atoms with Crippen LogP contribution in [0.3, 0.4) is 0 Å². The molecule has 2 N–H and O–H groups in total. The van der Waals surface area contributed by atoms with Crippen molar-refractivity contribution in [1.82, 2.24) is 4.98 Å². The number of carboxylic acid groups (broad SMARTS) is 1. The van der Waals surface area contributed by atoms with Gasteiger partial charge in [-0.3, -0.25) is 4.98 Å². The summed E-state index contributed by atoms with van der Waals surface area (Å²) in [6, 6.07) is 11.2. The molecule has 0 bridgehead atoms. The highest BCUT2D eigenvalue weighted by molar-refractivity contribution is 5.85. The van der Waals surface area contributed by atoms with Crippen molar-refractivity contribution in [3.63, 3.8) is 0 Å². The fourth-order valence-corrected chi connectivity index (χ4v) is 1.80. The number of carboxylic acids is 1. The van der Waals surface area contributed by atoms with Crippen LogP contribution in [0.1, 0.15) is 24.2 Å². The number of aromatic nitrogens is 1. The van der Waals surface area contributed by atoms with E-state index in [4.69, 9.17) is 5.11 Å². The van der Waals surface area contributed by atoms with Crippen molar-refractivity contribution in [3.8, 4) is 11.3 Å². The van der Waals surface area contributed by atoms with Crippen LogP contribution in [-0.4, -0.2) is 21.2 Å². The Balaban J connectivity index is 2.26. The predicted octanol–water partition coefficient (Wildman–Crippen LogP) is 2.90. The average molecular weight is 269 g/mol. The van der Waals surface area contributed by atoms with Crippen molar-refractivity contribution in [1.29, 1.82) is 0 Å². The first kappa shape index (κ1) is 14.0. The van der Waals surface area contributed by atoms with Gasteiger partial charge in [0.25, 0.3) is 0 Å². The van der Waals surface area contributed by atoms with E-state index in [1.54, 1.807) is 19.2 Å². The summed E-state index contributed by atoms with van der Waals surface area (Å²) in [5, 5.41) is 18.1. The Bertz CT molecular complexity index is 630. The third-order valence-electron chi connectivity index (χ3n) is 2.87. The van der Waals surface area contributed by atoms with E-state index in [-0.39, 0.29) is 0 Å². The van der Waals surface area contributed by atoms with Gasteiger partial charge in [-0.1, -0.05) is 24.3 Å². The normalized spacial score (nSPS) is 12.5. The lowest BCUT2D eigenvalue weighted by atomic mass is 10.0. The van der Waals surface area contributed by atoms with Crippen LogP contribution in [0.25, 0.3) is 17.3 Å². The smallest absolute Gasteiger partial charge is 0.328 e. The lowest BCUT2D eigenvalue weighted by molar-refractivity contribution is -0.131. The molecule has 4 heteroatoms. The van der Waals surface area contributed by atoms with Gasteiger partial charge in [0.15, 0.2) is 0 Å². The molecule has 0 saturated carbocycles. The van der Waals surface area contributed by atoms with Crippen molar-refractivity contribution >= 4 is 12.0 Å². The molecule has 0 unspecified atom stereocenters. The Labute approximate surface area is 117 Å². The van der Waals surface area contributed by atoms with E-state index in [9.17, 15) is 9.90 Å². The molecule has 4 nitrogen and oxygen atoms in total. The monoisotopic (exact) mass is 269 g/mol. The fraction of sp³-hybridized carbons (Fsp3) is 0.125. The van der Waals surface area contributed by atoms with Gasteiger partial charge >= 0.3 is 5.97 Å². The van der Waals surface area contributed by atoms with Gasteiger partial charge in [0, 0.05) is 17.8 Å². The number of rotatable bonds is 4. The van der Waals surface area contributed by atoms with Gasteiger partial charge in [0.05, 0.1) is 11.8 Å². The van der Waals surface area contributed by atoms with Gasteiger partial charge in [0.1, 0.15) is 0 Å². The third kappa shape index (κ3) is 3.52. The molecule has 0 saturated heterocycles. The highest BCUT2D eigenvalue weighted by Gasteiger charge is 2.04. The Kier molecular flexibility index (Phi) is 4.27. The van der Waals surface area contributed by atoms with E-state index in [0.717, 1.165) is 28.5 Å². The zero-order chi connectivity index (χ0) is 14.5. The van der Waals surface area contributed by atoms with Crippen LogP contribution in [-0.2, 0) is 4.79 Å². The molecule has 1 aromatic heterocycles. The molecule has 1 atom stereocenters. The number of aliphatic carboxylic acids is 1. The minimum atomic E-state index is -0.987. The summed E-state index contributed by atoms with van der Waals surface area (Å²) in [5.74, 6) is -0.987. The molecule has 0 amide bonds. The van der Waals surface area contributed by atoms with E-state index < -0.39 is 12.1 Å². The zero-order valence-corrected chi connectivity index (χ0v) is 11.0. The van der Waals surface area contributed by atoms with E-state index in [2.05, 4.69) is 4.98 Å². The lowest BCUT2D eigenvalue weighted by Gasteiger charge is -2.07. The summed E-state index contributed by atoms with van der Waals surface area (Å²) in [5.41, 5.74) is 3.25. The van der Waals surface area contributed by atoms with E-state index in [0.29, 0.717) is 0 Å². The number of aliphatic hydroxyl groups is 1. The Morgan fingerprint density at radius 2 is 2.10 bits per heavy atom. The van der Waals surface area contributed by atoms with Crippen molar-refractivity contribution in [2.45, 2.75) is 13.0 Å². The Hall–Kier alpha value is -2.46. The van der Waals surface area contributed by atoms with Crippen molar-refractivity contribution in [2.24, 2.45) is 0 Å². The summed E-state index contributed by atoms with van der Waals surface area (Å²) < 4.78 is 0. The number of carbonyl (C=O) groups is 1. The van der Waals surface area contributed by atoms with Gasteiger partial charge in [0.2, 0.25) is 0 Å². The van der Waals surface area contributed by atoms with Crippen LogP contribution in [0.2, 0.25) is 0 Å². The SMILES string of the molecule is C[C@@H](O)c1cccc(-c2ccc(/C=C/C(=O)O)cn2)c1. The van der Waals surface area contributed by atoms with Crippen molar-refractivity contribution in [3.05, 3.63) is 59.8 Å². The molecular formula is C16H15NO3. The molecule has 0 radical (unpaired) electrons. The number of nitrogens with zero attached hydrogens (tertiary/aromatic N) is 1. The van der Waals surface area contributed by atoms with E-state index in [1.165, 1.54) is 6.08 Å². The molecule has 0 spiro atoms. The zero-order valence-electron chi connectivity index (χ0n) is 11.0. The summed E-state index contributed by atoms with van der Waals surface area (Å²) in [6.45, 7) is 1.71. The largest absolute Gasteiger partial charge is 0.478 e. The van der Waals surface area contributed by atoms with Gasteiger partial charge < -0.3 is 10.2 Å². The first-order chi connectivity index (χ1) is 9.56. The molecule has 1 heterocycles. The van der Waals surface area contributed by atoms with Crippen LogP contribution >= 0.6 is 0 Å². The first-order valence-corrected chi connectivity index (χ1v) is 6.22. The third-order valence-corrected chi connectivity index (χ3v) is 2.87. The van der Waals surface area contributed by atoms with Gasteiger partial charge in [-0.25, -0.2) is 4.79 Å². The van der Waals surface area contributed by atoms with E-state index in [1.807, 2.05) is 30.3 Å². The maximum atomic E-state index is 10.4. The molecule has 0 fully saturated rings. The van der Waals surface area contributed by atoms with Crippen LogP contribution in [0, 0.1) is 0 Å². The minimum absolute atomic E-state index is 0.521. The fourth-order valence-electron chi connectivity index (χ4n) is 1.80. The molecule has 0 aliphatic rings. The molecule has 0 aliphatic carbocycles. The number of hydrogen-bond acceptors (Lipinski definition) is 3. The molecule has 0 aliphatic heterocycles. The standard InChI is InChI=1S/C16H15NO3/c1-11(18)13-3-2-4-14(9-13)15-7-5-12(10-17-15)6-8-16(19)20/h2-11,18H,1H3,(H,19,20)/b8-6+/t11-/m1/s1. The van der Waals surface area contributed by atoms with Gasteiger partial charge in [-0.15, -0.1) is 0 Å². The summed E-state index contributed by atoms with van der Waals surface area (Å²) in [4.78, 5) is 14.7. The molecule has 2 rings (SSSR count). The maximum Gasteiger partial charge on any atom is 0.328 e. The summed E-state index contributed by atoms with van der Waals surface area (Å²) >= 11 is 0. The molecule has 102 valence electrons. The quantitative estimate of drug-likeness (QED) is 0.837. The number of pyridine rings is 1. The van der Waals surface area contributed by atoms with Crippen molar-refractivity contribution < 1.29 is 15.0 Å². The van der Waals surface area contributed by atoms with E-state index >= 15 is 0 Å². The second-order valence-corrected chi connectivity index (χ2v) is 4.45. The summed E-state index contributed by atoms with van der Waals surface area (Å²) in [6.07, 6.45) is 3.66. The molecular weight excluding hydrogens is 254 g/mol. The second-order valence-electron chi connectivity index (χ2n) is 4.45. The Morgan fingerprint density at radius 1 is 1.30 bits per heavy atom. The number of aliphatic hydroxyl groups excluding tert-OH is 1. The Morgan fingerprint density at radius 3 is 2.70 bits per heavy atom. The highest BCUT2D eigenvalue weighted by atomic mass is 16.4. The minimum Gasteiger partial charge on any atom is -0.478 e. The lowest BCUT2D eigenvalue weighted by Crippen LogP contribution is -1.92. The maximum absolute atomic E-state index is 10.4. The average Bonchev–Trinajstić information content (AvgIpc) is 2.46. The molecule has 20 heavy (non-hydrogen) atoms. The first-order valence-electron chi connectivity index (χ1n) is 6.22. The van der Waals surface area contributed by atoms with Crippen LogP contribution in [0.4, 0.5) is 0 Å². The van der Waals surface area contributed by atoms with Gasteiger partial charge in [-0.2, -0.15) is 0 Å². The van der Waals surface area contributed by atoms with Crippen LogP contribution in [0.15, 0.2) is 48.7 Å². The number of hydrogen-bond donors (Lipinski definition) is 2. The van der Waals surface area contributed by atoms with Crippen LogP contribution < -0.4 is 0 Å². The topological polar surface area (TPSA) is 70.4 Å². The van der Waals surface area contributed by atoms with Crippen LogP contribution in [0.5, 0.6) is 0 Å². The molecule has 2 aromatic rings. The van der Waals surface area contributed by atoms with Gasteiger partial charge in [-0.05, 0) is 36.3 Å². The predicted molar refractivity (Wildman–Crippen MR) is 77.0 cm³/mol.